The monoisotopic (exact) mass is 309 g/mol. The van der Waals surface area contributed by atoms with Crippen molar-refractivity contribution in [1.29, 1.82) is 0 Å². The topological polar surface area (TPSA) is 88.2 Å². The molecule has 2 rings (SSSR count). The minimum absolute atomic E-state index is 0.0431. The lowest BCUT2D eigenvalue weighted by atomic mass is 9.94. The molecule has 1 amide bonds. The largest absolute Gasteiger partial charge is 0.396 e. The molecule has 1 heterocycles. The average Bonchev–Trinajstić information content (AvgIpc) is 3.16. The van der Waals surface area contributed by atoms with Gasteiger partial charge in [-0.1, -0.05) is 24.9 Å². The Morgan fingerprint density at radius 3 is 2.82 bits per heavy atom. The van der Waals surface area contributed by atoms with Gasteiger partial charge in [0.1, 0.15) is 0 Å². The van der Waals surface area contributed by atoms with Crippen molar-refractivity contribution in [1.82, 2.24) is 15.5 Å². The SMILES string of the molecule is CCC(C)(CCO)NC(=O)CCc1nc(C2CCCC2)no1. The summed E-state index contributed by atoms with van der Waals surface area (Å²) in [6.45, 7) is 4.02. The molecule has 1 saturated carbocycles. The van der Waals surface area contributed by atoms with Crippen molar-refractivity contribution >= 4 is 5.91 Å². The smallest absolute Gasteiger partial charge is 0.227 e. The molecule has 0 aromatic carbocycles. The van der Waals surface area contributed by atoms with E-state index in [-0.39, 0.29) is 18.1 Å². The number of carbonyl (C=O) groups is 1. The van der Waals surface area contributed by atoms with Gasteiger partial charge in [-0.3, -0.25) is 4.79 Å². The fourth-order valence-corrected chi connectivity index (χ4v) is 2.91. The molecule has 124 valence electrons. The third kappa shape index (κ3) is 4.53. The van der Waals surface area contributed by atoms with Gasteiger partial charge in [-0.15, -0.1) is 0 Å². The van der Waals surface area contributed by atoms with Crippen molar-refractivity contribution < 1.29 is 14.4 Å². The van der Waals surface area contributed by atoms with E-state index >= 15 is 0 Å². The van der Waals surface area contributed by atoms with Crippen LogP contribution in [0.3, 0.4) is 0 Å². The number of aliphatic hydroxyl groups excluding tert-OH is 1. The van der Waals surface area contributed by atoms with Crippen LogP contribution in [0.1, 0.15) is 76.4 Å². The fraction of sp³-hybridized carbons (Fsp3) is 0.812. The Morgan fingerprint density at radius 1 is 1.45 bits per heavy atom. The number of amides is 1. The van der Waals surface area contributed by atoms with Gasteiger partial charge in [-0.25, -0.2) is 0 Å². The Labute approximate surface area is 131 Å². The Hall–Kier alpha value is -1.43. The number of aromatic nitrogens is 2. The molecular weight excluding hydrogens is 282 g/mol. The summed E-state index contributed by atoms with van der Waals surface area (Å²) in [4.78, 5) is 16.5. The quantitative estimate of drug-likeness (QED) is 0.769. The molecule has 2 N–H and O–H groups in total. The van der Waals surface area contributed by atoms with Crippen molar-refractivity contribution in [2.45, 2.75) is 76.7 Å². The van der Waals surface area contributed by atoms with Gasteiger partial charge >= 0.3 is 0 Å². The van der Waals surface area contributed by atoms with Gasteiger partial charge in [-0.2, -0.15) is 4.98 Å². The molecule has 1 aromatic heterocycles. The maximum absolute atomic E-state index is 12.0. The number of aliphatic hydroxyl groups is 1. The van der Waals surface area contributed by atoms with Crippen molar-refractivity contribution in [3.05, 3.63) is 11.7 Å². The Balaban J connectivity index is 1.81. The minimum Gasteiger partial charge on any atom is -0.396 e. The molecule has 0 bridgehead atoms. The molecule has 1 aliphatic rings. The number of carbonyl (C=O) groups excluding carboxylic acids is 1. The van der Waals surface area contributed by atoms with Crippen LogP contribution in [-0.2, 0) is 11.2 Å². The first-order valence-electron chi connectivity index (χ1n) is 8.30. The summed E-state index contributed by atoms with van der Waals surface area (Å²) in [5, 5.41) is 16.1. The molecule has 0 saturated heterocycles. The summed E-state index contributed by atoms with van der Waals surface area (Å²) in [5.74, 6) is 1.72. The van der Waals surface area contributed by atoms with Gasteiger partial charge in [0, 0.05) is 30.9 Å². The zero-order valence-electron chi connectivity index (χ0n) is 13.6. The Morgan fingerprint density at radius 2 is 2.18 bits per heavy atom. The van der Waals surface area contributed by atoms with E-state index in [1.807, 2.05) is 13.8 Å². The summed E-state index contributed by atoms with van der Waals surface area (Å²) in [7, 11) is 0. The summed E-state index contributed by atoms with van der Waals surface area (Å²) in [6, 6.07) is 0. The molecule has 1 fully saturated rings. The number of nitrogens with one attached hydrogen (secondary N) is 1. The van der Waals surface area contributed by atoms with Crippen molar-refractivity contribution in [2.75, 3.05) is 6.61 Å². The van der Waals surface area contributed by atoms with E-state index in [4.69, 9.17) is 9.63 Å². The predicted octanol–water partition coefficient (Wildman–Crippen LogP) is 2.33. The van der Waals surface area contributed by atoms with E-state index < -0.39 is 0 Å². The second-order valence-corrected chi connectivity index (χ2v) is 6.46. The second kappa shape index (κ2) is 7.72. The van der Waals surface area contributed by atoms with Gasteiger partial charge in [0.25, 0.3) is 0 Å². The second-order valence-electron chi connectivity index (χ2n) is 6.46. The molecule has 1 atom stereocenters. The Kier molecular flexibility index (Phi) is 5.94. The highest BCUT2D eigenvalue weighted by molar-refractivity contribution is 5.76. The minimum atomic E-state index is -0.352. The molecule has 0 spiro atoms. The molecule has 22 heavy (non-hydrogen) atoms. The van der Waals surface area contributed by atoms with E-state index in [1.54, 1.807) is 0 Å². The summed E-state index contributed by atoms with van der Waals surface area (Å²) in [6.07, 6.45) is 6.87. The number of hydrogen-bond acceptors (Lipinski definition) is 5. The predicted molar refractivity (Wildman–Crippen MR) is 82.4 cm³/mol. The maximum Gasteiger partial charge on any atom is 0.227 e. The standard InChI is InChI=1S/C16H27N3O3/c1-3-16(2,10-11-20)18-13(21)8-9-14-17-15(19-22-14)12-6-4-5-7-12/h12,20H,3-11H2,1-2H3,(H,18,21). The molecule has 6 heteroatoms. The van der Waals surface area contributed by atoms with Crippen LogP contribution in [-0.4, -0.2) is 33.3 Å². The third-order valence-electron chi connectivity index (χ3n) is 4.66. The molecule has 1 aromatic rings. The zero-order chi connectivity index (χ0) is 16.0. The number of nitrogens with zero attached hydrogens (tertiary/aromatic N) is 2. The summed E-state index contributed by atoms with van der Waals surface area (Å²) >= 11 is 0. The van der Waals surface area contributed by atoms with Gasteiger partial charge in [-0.05, 0) is 32.6 Å². The number of hydrogen-bond donors (Lipinski definition) is 2. The molecular formula is C16H27N3O3. The van der Waals surface area contributed by atoms with E-state index in [0.29, 0.717) is 31.1 Å². The highest BCUT2D eigenvalue weighted by Crippen LogP contribution is 2.32. The Bertz CT molecular complexity index is 483. The van der Waals surface area contributed by atoms with Crippen LogP contribution in [0.2, 0.25) is 0 Å². The van der Waals surface area contributed by atoms with Crippen LogP contribution >= 0.6 is 0 Å². The first-order chi connectivity index (χ1) is 10.6. The zero-order valence-corrected chi connectivity index (χ0v) is 13.6. The summed E-state index contributed by atoms with van der Waals surface area (Å²) < 4.78 is 5.25. The van der Waals surface area contributed by atoms with E-state index in [2.05, 4.69) is 15.5 Å². The van der Waals surface area contributed by atoms with Crippen molar-refractivity contribution in [2.24, 2.45) is 0 Å². The normalized spacial score (nSPS) is 18.3. The number of rotatable bonds is 8. The third-order valence-corrected chi connectivity index (χ3v) is 4.66. The fourth-order valence-electron chi connectivity index (χ4n) is 2.91. The molecule has 1 aliphatic carbocycles. The van der Waals surface area contributed by atoms with Gasteiger partial charge in [0.15, 0.2) is 5.82 Å². The number of aryl methyl sites for hydroxylation is 1. The molecule has 0 radical (unpaired) electrons. The van der Waals surface area contributed by atoms with Gasteiger partial charge in [0.05, 0.1) is 0 Å². The van der Waals surface area contributed by atoms with Gasteiger partial charge in [0.2, 0.25) is 11.8 Å². The van der Waals surface area contributed by atoms with Crippen LogP contribution in [0.15, 0.2) is 4.52 Å². The molecule has 1 unspecified atom stereocenters. The maximum atomic E-state index is 12.0. The van der Waals surface area contributed by atoms with E-state index in [9.17, 15) is 4.79 Å². The van der Waals surface area contributed by atoms with Crippen LogP contribution < -0.4 is 5.32 Å². The molecule has 0 aliphatic heterocycles. The van der Waals surface area contributed by atoms with E-state index in [0.717, 1.165) is 25.1 Å². The van der Waals surface area contributed by atoms with Crippen LogP contribution in [0.4, 0.5) is 0 Å². The highest BCUT2D eigenvalue weighted by atomic mass is 16.5. The molecule has 6 nitrogen and oxygen atoms in total. The average molecular weight is 309 g/mol. The lowest BCUT2D eigenvalue weighted by molar-refractivity contribution is -0.123. The summed E-state index contributed by atoms with van der Waals surface area (Å²) in [5.41, 5.74) is -0.352. The van der Waals surface area contributed by atoms with Gasteiger partial charge < -0.3 is 14.9 Å². The van der Waals surface area contributed by atoms with E-state index in [1.165, 1.54) is 12.8 Å². The van der Waals surface area contributed by atoms with Crippen molar-refractivity contribution in [3.63, 3.8) is 0 Å². The highest BCUT2D eigenvalue weighted by Gasteiger charge is 2.25. The van der Waals surface area contributed by atoms with Crippen LogP contribution in [0.5, 0.6) is 0 Å². The lowest BCUT2D eigenvalue weighted by Gasteiger charge is -2.28. The first-order valence-corrected chi connectivity index (χ1v) is 8.30. The lowest BCUT2D eigenvalue weighted by Crippen LogP contribution is -2.46. The van der Waals surface area contributed by atoms with Crippen molar-refractivity contribution in [3.8, 4) is 0 Å². The first kappa shape index (κ1) is 16.9. The van der Waals surface area contributed by atoms with Crippen LogP contribution in [0.25, 0.3) is 0 Å². The van der Waals surface area contributed by atoms with Crippen LogP contribution in [0, 0.1) is 0 Å².